The summed E-state index contributed by atoms with van der Waals surface area (Å²) in [6.07, 6.45) is 6.36. The lowest BCUT2D eigenvalue weighted by Gasteiger charge is -2.31. The van der Waals surface area contributed by atoms with Crippen molar-refractivity contribution >= 4 is 5.91 Å². The molecule has 1 amide bonds. The Kier molecular flexibility index (Phi) is 6.10. The largest absolute Gasteiger partial charge is 0.497 e. The lowest BCUT2D eigenvalue weighted by molar-refractivity contribution is -0.133. The zero-order chi connectivity index (χ0) is 18.4. The molecule has 1 aliphatic rings. The van der Waals surface area contributed by atoms with Crippen molar-refractivity contribution < 1.29 is 9.53 Å². The maximum absolute atomic E-state index is 12.9. The number of amides is 1. The molecule has 138 valence electrons. The highest BCUT2D eigenvalue weighted by molar-refractivity contribution is 5.76. The second kappa shape index (κ2) is 8.70. The first-order chi connectivity index (χ1) is 12.7. The summed E-state index contributed by atoms with van der Waals surface area (Å²) in [5.74, 6) is 0.937. The maximum Gasteiger partial charge on any atom is 0.250 e. The molecule has 0 bridgehead atoms. The van der Waals surface area contributed by atoms with E-state index in [1.165, 1.54) is 6.07 Å². The van der Waals surface area contributed by atoms with Crippen LogP contribution in [-0.4, -0.2) is 29.0 Å². The van der Waals surface area contributed by atoms with Gasteiger partial charge in [-0.1, -0.05) is 31.0 Å². The van der Waals surface area contributed by atoms with Crippen LogP contribution in [0.1, 0.15) is 43.7 Å². The van der Waals surface area contributed by atoms with Crippen molar-refractivity contribution in [3.63, 3.8) is 0 Å². The third kappa shape index (κ3) is 4.34. The van der Waals surface area contributed by atoms with Crippen molar-refractivity contribution in [2.45, 2.75) is 44.7 Å². The fourth-order valence-corrected chi connectivity index (χ4v) is 3.58. The van der Waals surface area contributed by atoms with Gasteiger partial charge in [0.15, 0.2) is 0 Å². The lowest BCUT2D eigenvalue weighted by Crippen LogP contribution is -2.35. The Morgan fingerprint density at radius 2 is 1.92 bits per heavy atom. The Bertz CT molecular complexity index is 782. The van der Waals surface area contributed by atoms with Crippen LogP contribution in [-0.2, 0) is 11.3 Å². The Hall–Kier alpha value is -2.56. The van der Waals surface area contributed by atoms with Gasteiger partial charge in [-0.25, -0.2) is 0 Å². The van der Waals surface area contributed by atoms with Crippen molar-refractivity contribution in [2.75, 3.05) is 13.7 Å². The van der Waals surface area contributed by atoms with Crippen LogP contribution in [0.3, 0.4) is 0 Å². The van der Waals surface area contributed by atoms with E-state index in [2.05, 4.69) is 12.1 Å². The van der Waals surface area contributed by atoms with Crippen molar-refractivity contribution in [1.29, 1.82) is 0 Å². The third-order valence-corrected chi connectivity index (χ3v) is 5.04. The summed E-state index contributed by atoms with van der Waals surface area (Å²) in [5.41, 5.74) is 1.08. The standard InChI is InChI=1S/C21H26N2O3/c1-26-18-11-9-17(10-12-18)19-7-3-2-5-15-23(19)21(25)13-16-22-14-6-4-8-20(22)24/h4,6,8-12,14,19H,2-3,5,7,13,15-16H2,1H3. The number of hydrogen-bond acceptors (Lipinski definition) is 3. The molecule has 0 spiro atoms. The van der Waals surface area contributed by atoms with Crippen LogP contribution in [0.2, 0.25) is 0 Å². The molecule has 1 fully saturated rings. The van der Waals surface area contributed by atoms with Gasteiger partial charge in [0.05, 0.1) is 13.2 Å². The van der Waals surface area contributed by atoms with Gasteiger partial charge in [0.25, 0.3) is 5.56 Å². The van der Waals surface area contributed by atoms with Gasteiger partial charge in [-0.2, -0.15) is 0 Å². The van der Waals surface area contributed by atoms with Crippen LogP contribution in [0.5, 0.6) is 5.75 Å². The number of pyridine rings is 1. The molecule has 1 aliphatic heterocycles. The Balaban J connectivity index is 1.74. The number of likely N-dealkylation sites (tertiary alicyclic amines) is 1. The van der Waals surface area contributed by atoms with Gasteiger partial charge in [0.1, 0.15) is 5.75 Å². The fraction of sp³-hybridized carbons (Fsp3) is 0.429. The minimum absolute atomic E-state index is 0.0668. The first kappa shape index (κ1) is 18.2. The molecule has 0 radical (unpaired) electrons. The molecule has 1 aromatic carbocycles. The summed E-state index contributed by atoms with van der Waals surface area (Å²) in [6, 6.07) is 13.2. The van der Waals surface area contributed by atoms with Gasteiger partial charge in [0.2, 0.25) is 5.91 Å². The highest BCUT2D eigenvalue weighted by Gasteiger charge is 2.26. The van der Waals surface area contributed by atoms with Crippen LogP contribution >= 0.6 is 0 Å². The quantitative estimate of drug-likeness (QED) is 0.827. The van der Waals surface area contributed by atoms with Crippen molar-refractivity contribution in [3.05, 3.63) is 64.6 Å². The van der Waals surface area contributed by atoms with Crippen LogP contribution in [0.4, 0.5) is 0 Å². The molecule has 5 heteroatoms. The molecule has 1 aromatic heterocycles. The predicted molar refractivity (Wildman–Crippen MR) is 101 cm³/mol. The third-order valence-electron chi connectivity index (χ3n) is 5.04. The summed E-state index contributed by atoms with van der Waals surface area (Å²) in [7, 11) is 1.65. The number of hydrogen-bond donors (Lipinski definition) is 0. The smallest absolute Gasteiger partial charge is 0.250 e. The zero-order valence-electron chi connectivity index (χ0n) is 15.3. The van der Waals surface area contributed by atoms with E-state index in [0.29, 0.717) is 13.0 Å². The lowest BCUT2D eigenvalue weighted by atomic mass is 10.0. The Morgan fingerprint density at radius 3 is 2.65 bits per heavy atom. The van der Waals surface area contributed by atoms with E-state index in [-0.39, 0.29) is 17.5 Å². The second-order valence-electron chi connectivity index (χ2n) is 6.71. The normalized spacial score (nSPS) is 17.6. The summed E-state index contributed by atoms with van der Waals surface area (Å²) in [6.45, 7) is 1.20. The molecular weight excluding hydrogens is 328 g/mol. The van der Waals surface area contributed by atoms with Crippen LogP contribution in [0.25, 0.3) is 0 Å². The molecular formula is C21H26N2O3. The molecule has 5 nitrogen and oxygen atoms in total. The summed E-state index contributed by atoms with van der Waals surface area (Å²) in [4.78, 5) is 26.8. The van der Waals surface area contributed by atoms with E-state index in [9.17, 15) is 9.59 Å². The van der Waals surface area contributed by atoms with E-state index in [0.717, 1.165) is 43.5 Å². The topological polar surface area (TPSA) is 51.5 Å². The zero-order valence-corrected chi connectivity index (χ0v) is 15.3. The summed E-state index contributed by atoms with van der Waals surface area (Å²) < 4.78 is 6.84. The number of aromatic nitrogens is 1. The maximum atomic E-state index is 12.9. The van der Waals surface area contributed by atoms with Crippen LogP contribution in [0.15, 0.2) is 53.5 Å². The highest BCUT2D eigenvalue weighted by Crippen LogP contribution is 2.31. The summed E-state index contributed by atoms with van der Waals surface area (Å²) in [5, 5.41) is 0. The monoisotopic (exact) mass is 354 g/mol. The first-order valence-electron chi connectivity index (χ1n) is 9.28. The Labute approximate surface area is 154 Å². The number of benzene rings is 1. The number of rotatable bonds is 5. The predicted octanol–water partition coefficient (Wildman–Crippen LogP) is 3.39. The number of carbonyl (C=O) groups is 1. The SMILES string of the molecule is COc1ccc(C2CCCCCN2C(=O)CCn2ccccc2=O)cc1. The molecule has 2 aromatic rings. The molecule has 0 aliphatic carbocycles. The van der Waals surface area contributed by atoms with Gasteiger partial charge < -0.3 is 14.2 Å². The van der Waals surface area contributed by atoms with E-state index < -0.39 is 0 Å². The highest BCUT2D eigenvalue weighted by atomic mass is 16.5. The van der Waals surface area contributed by atoms with E-state index in [1.54, 1.807) is 23.9 Å². The average molecular weight is 354 g/mol. The number of aryl methyl sites for hydroxylation is 1. The molecule has 1 atom stereocenters. The van der Waals surface area contributed by atoms with Crippen molar-refractivity contribution in [1.82, 2.24) is 9.47 Å². The van der Waals surface area contributed by atoms with Crippen molar-refractivity contribution in [3.8, 4) is 5.75 Å². The second-order valence-corrected chi connectivity index (χ2v) is 6.71. The Morgan fingerprint density at radius 1 is 1.12 bits per heavy atom. The van der Waals surface area contributed by atoms with Gasteiger partial charge in [-0.05, 0) is 36.6 Å². The van der Waals surface area contributed by atoms with Crippen LogP contribution in [0, 0.1) is 0 Å². The fourth-order valence-electron chi connectivity index (χ4n) is 3.58. The van der Waals surface area contributed by atoms with E-state index in [1.807, 2.05) is 23.1 Å². The molecule has 0 saturated carbocycles. The minimum Gasteiger partial charge on any atom is -0.497 e. The number of nitrogens with zero attached hydrogens (tertiary/aromatic N) is 2. The van der Waals surface area contributed by atoms with E-state index in [4.69, 9.17) is 4.74 Å². The first-order valence-corrected chi connectivity index (χ1v) is 9.28. The van der Waals surface area contributed by atoms with Gasteiger partial charge in [-0.3, -0.25) is 9.59 Å². The molecule has 2 heterocycles. The average Bonchev–Trinajstić information content (AvgIpc) is 2.93. The molecule has 0 N–H and O–H groups in total. The van der Waals surface area contributed by atoms with Crippen LogP contribution < -0.4 is 10.3 Å². The number of carbonyl (C=O) groups excluding carboxylic acids is 1. The van der Waals surface area contributed by atoms with Gasteiger partial charge in [-0.15, -0.1) is 0 Å². The molecule has 1 unspecified atom stereocenters. The molecule has 3 rings (SSSR count). The van der Waals surface area contributed by atoms with Gasteiger partial charge in [0, 0.05) is 31.8 Å². The minimum atomic E-state index is -0.0668. The van der Waals surface area contributed by atoms with Gasteiger partial charge >= 0.3 is 0 Å². The molecule has 1 saturated heterocycles. The number of methoxy groups -OCH3 is 1. The van der Waals surface area contributed by atoms with E-state index >= 15 is 0 Å². The number of ether oxygens (including phenoxy) is 1. The molecule has 26 heavy (non-hydrogen) atoms. The van der Waals surface area contributed by atoms with Crippen molar-refractivity contribution in [2.24, 2.45) is 0 Å². The summed E-state index contributed by atoms with van der Waals surface area (Å²) >= 11 is 0.